The smallest absolute Gasteiger partial charge is 0.224 e. The third-order valence-electron chi connectivity index (χ3n) is 3.37. The second-order valence-electron chi connectivity index (χ2n) is 4.89. The number of hydrogen-bond donors (Lipinski definition) is 3. The average Bonchev–Trinajstić information content (AvgIpc) is 2.42. The van der Waals surface area contributed by atoms with Crippen molar-refractivity contribution in [2.75, 3.05) is 16.4 Å². The Kier molecular flexibility index (Phi) is 3.71. The maximum Gasteiger partial charge on any atom is 0.224 e. The number of hydrogen-bond acceptors (Lipinski definition) is 3. The molecule has 21 heavy (non-hydrogen) atoms. The van der Waals surface area contributed by atoms with Crippen molar-refractivity contribution in [3.63, 3.8) is 0 Å². The van der Waals surface area contributed by atoms with Crippen LogP contribution < -0.4 is 16.4 Å². The van der Waals surface area contributed by atoms with Crippen molar-refractivity contribution in [3.8, 4) is 0 Å². The number of benzene rings is 2. The molecule has 1 heterocycles. The van der Waals surface area contributed by atoms with Crippen molar-refractivity contribution in [1.29, 1.82) is 0 Å². The molecule has 0 spiro atoms. The summed E-state index contributed by atoms with van der Waals surface area (Å²) in [6.07, 6.45) is 1.17. The zero-order valence-electron chi connectivity index (χ0n) is 11.0. The first-order chi connectivity index (χ1) is 10.0. The van der Waals surface area contributed by atoms with Crippen LogP contribution in [-0.4, -0.2) is 5.91 Å². The Hall–Kier alpha value is -1.83. The Morgan fingerprint density at radius 3 is 2.76 bits per heavy atom. The van der Waals surface area contributed by atoms with E-state index in [-0.39, 0.29) is 11.7 Å². The molecule has 0 unspecified atom stereocenters. The minimum absolute atomic E-state index is 0.00990. The van der Waals surface area contributed by atoms with Gasteiger partial charge in [0.05, 0.1) is 17.1 Å². The van der Waals surface area contributed by atoms with E-state index in [0.717, 1.165) is 26.2 Å². The number of rotatable bonds is 2. The zero-order valence-corrected chi connectivity index (χ0v) is 13.2. The molecule has 0 saturated carbocycles. The van der Waals surface area contributed by atoms with Gasteiger partial charge in [-0.1, -0.05) is 0 Å². The van der Waals surface area contributed by atoms with Crippen LogP contribution >= 0.6 is 22.6 Å². The van der Waals surface area contributed by atoms with Gasteiger partial charge in [0.2, 0.25) is 5.91 Å². The lowest BCUT2D eigenvalue weighted by Crippen LogP contribution is -2.19. The number of amides is 1. The van der Waals surface area contributed by atoms with Gasteiger partial charge in [0.15, 0.2) is 0 Å². The maximum absolute atomic E-state index is 13.1. The predicted octanol–water partition coefficient (Wildman–Crippen LogP) is 3.64. The molecule has 0 bridgehead atoms. The van der Waals surface area contributed by atoms with Crippen LogP contribution in [0, 0.1) is 9.39 Å². The van der Waals surface area contributed by atoms with Gasteiger partial charge >= 0.3 is 0 Å². The molecule has 0 aliphatic carbocycles. The normalized spacial score (nSPS) is 13.5. The Morgan fingerprint density at radius 2 is 2.00 bits per heavy atom. The van der Waals surface area contributed by atoms with E-state index in [4.69, 9.17) is 5.73 Å². The third kappa shape index (κ3) is 2.94. The van der Waals surface area contributed by atoms with E-state index in [0.29, 0.717) is 18.5 Å². The molecule has 4 nitrogen and oxygen atoms in total. The van der Waals surface area contributed by atoms with Crippen molar-refractivity contribution in [2.45, 2.75) is 12.8 Å². The largest absolute Gasteiger partial charge is 0.397 e. The standard InChI is InChI=1S/C15H13FIN3O/c16-9-2-3-12(10(17)6-9)19-14-5-8-1-4-15(21)20-13(8)7-11(14)18/h2-3,5-7,19H,1,4,18H2,(H,20,21). The van der Waals surface area contributed by atoms with Crippen LogP contribution in [0.1, 0.15) is 12.0 Å². The minimum atomic E-state index is -0.272. The van der Waals surface area contributed by atoms with Crippen LogP contribution in [0.5, 0.6) is 0 Å². The summed E-state index contributed by atoms with van der Waals surface area (Å²) in [6, 6.07) is 8.23. The number of nitrogens with two attached hydrogens (primary N) is 1. The predicted molar refractivity (Wildman–Crippen MR) is 90.2 cm³/mol. The first-order valence-corrected chi connectivity index (χ1v) is 7.55. The topological polar surface area (TPSA) is 67.1 Å². The van der Waals surface area contributed by atoms with Crippen molar-refractivity contribution in [2.24, 2.45) is 0 Å². The fourth-order valence-corrected chi connectivity index (χ4v) is 2.90. The molecule has 1 aliphatic rings. The molecule has 0 radical (unpaired) electrons. The van der Waals surface area contributed by atoms with Gasteiger partial charge in [-0.3, -0.25) is 4.79 Å². The third-order valence-corrected chi connectivity index (χ3v) is 4.26. The van der Waals surface area contributed by atoms with Crippen LogP contribution in [0.15, 0.2) is 30.3 Å². The number of carbonyl (C=O) groups is 1. The van der Waals surface area contributed by atoms with Crippen LogP contribution in [0.3, 0.4) is 0 Å². The lowest BCUT2D eigenvalue weighted by Gasteiger charge is -2.20. The van der Waals surface area contributed by atoms with Crippen LogP contribution in [0.25, 0.3) is 0 Å². The monoisotopic (exact) mass is 397 g/mol. The van der Waals surface area contributed by atoms with E-state index in [1.165, 1.54) is 12.1 Å². The Labute approximate surface area is 135 Å². The highest BCUT2D eigenvalue weighted by Gasteiger charge is 2.17. The Morgan fingerprint density at radius 1 is 1.19 bits per heavy atom. The Bertz CT molecular complexity index is 733. The number of halogens is 2. The lowest BCUT2D eigenvalue weighted by atomic mass is 10.0. The van der Waals surface area contributed by atoms with Crippen molar-refractivity contribution < 1.29 is 9.18 Å². The molecule has 0 saturated heterocycles. The van der Waals surface area contributed by atoms with Crippen LogP contribution in [0.4, 0.5) is 27.1 Å². The van der Waals surface area contributed by atoms with Crippen molar-refractivity contribution >= 4 is 51.2 Å². The number of fused-ring (bicyclic) bond motifs is 1. The Balaban J connectivity index is 1.94. The van der Waals surface area contributed by atoms with Gasteiger partial charge < -0.3 is 16.4 Å². The summed E-state index contributed by atoms with van der Waals surface area (Å²) < 4.78 is 13.9. The zero-order chi connectivity index (χ0) is 15.0. The minimum Gasteiger partial charge on any atom is -0.397 e. The molecule has 1 amide bonds. The van der Waals surface area contributed by atoms with Gasteiger partial charge in [-0.05, 0) is 64.9 Å². The number of aryl methyl sites for hydroxylation is 1. The molecule has 1 aliphatic heterocycles. The summed E-state index contributed by atoms with van der Waals surface area (Å²) in [5, 5.41) is 6.03. The maximum atomic E-state index is 13.1. The summed E-state index contributed by atoms with van der Waals surface area (Å²) in [7, 11) is 0. The fourth-order valence-electron chi connectivity index (χ4n) is 2.29. The number of nitrogens with one attached hydrogen (secondary N) is 2. The second-order valence-corrected chi connectivity index (χ2v) is 6.06. The second kappa shape index (κ2) is 5.51. The molecule has 6 heteroatoms. The molecule has 0 aromatic heterocycles. The van der Waals surface area contributed by atoms with Gasteiger partial charge in [0.1, 0.15) is 5.82 Å². The van der Waals surface area contributed by atoms with E-state index in [1.54, 1.807) is 12.1 Å². The lowest BCUT2D eigenvalue weighted by molar-refractivity contribution is -0.116. The van der Waals surface area contributed by atoms with Gasteiger partial charge in [-0.2, -0.15) is 0 Å². The highest BCUT2D eigenvalue weighted by atomic mass is 127. The molecule has 108 valence electrons. The van der Waals surface area contributed by atoms with E-state index in [9.17, 15) is 9.18 Å². The molecule has 4 N–H and O–H groups in total. The fraction of sp³-hybridized carbons (Fsp3) is 0.133. The molecule has 2 aromatic carbocycles. The molecular formula is C15H13FIN3O. The van der Waals surface area contributed by atoms with Crippen LogP contribution in [0.2, 0.25) is 0 Å². The van der Waals surface area contributed by atoms with Gasteiger partial charge in [0.25, 0.3) is 0 Å². The molecule has 0 fully saturated rings. The summed E-state index contributed by atoms with van der Waals surface area (Å²) >= 11 is 2.07. The first-order valence-electron chi connectivity index (χ1n) is 6.47. The summed E-state index contributed by atoms with van der Waals surface area (Å²) in [4.78, 5) is 11.4. The quantitative estimate of drug-likeness (QED) is 0.536. The number of anilines is 4. The van der Waals surface area contributed by atoms with E-state index < -0.39 is 0 Å². The SMILES string of the molecule is Nc1cc2c(cc1Nc1ccc(F)cc1I)CCC(=O)N2. The van der Waals surface area contributed by atoms with E-state index in [1.807, 2.05) is 6.07 Å². The first kappa shape index (κ1) is 14.1. The van der Waals surface area contributed by atoms with Crippen molar-refractivity contribution in [1.82, 2.24) is 0 Å². The molecular weight excluding hydrogens is 384 g/mol. The summed E-state index contributed by atoms with van der Waals surface area (Å²) in [5.41, 5.74) is 9.93. The van der Waals surface area contributed by atoms with E-state index in [2.05, 4.69) is 33.2 Å². The average molecular weight is 397 g/mol. The van der Waals surface area contributed by atoms with E-state index >= 15 is 0 Å². The van der Waals surface area contributed by atoms with Gasteiger partial charge in [-0.25, -0.2) is 4.39 Å². The molecule has 3 rings (SSSR count). The number of carbonyl (C=O) groups excluding carboxylic acids is 1. The van der Waals surface area contributed by atoms with Crippen LogP contribution in [-0.2, 0) is 11.2 Å². The molecule has 2 aromatic rings. The van der Waals surface area contributed by atoms with Gasteiger partial charge in [-0.15, -0.1) is 0 Å². The molecule has 0 atom stereocenters. The highest BCUT2D eigenvalue weighted by molar-refractivity contribution is 14.1. The van der Waals surface area contributed by atoms with Crippen molar-refractivity contribution in [3.05, 3.63) is 45.3 Å². The highest BCUT2D eigenvalue weighted by Crippen LogP contribution is 2.33. The summed E-state index contributed by atoms with van der Waals surface area (Å²) in [5.74, 6) is -0.262. The van der Waals surface area contributed by atoms with Gasteiger partial charge in [0, 0.05) is 15.7 Å². The summed E-state index contributed by atoms with van der Waals surface area (Å²) in [6.45, 7) is 0. The number of nitrogen functional groups attached to an aromatic ring is 1.